The molecule has 4 heteroatoms. The number of aliphatic hydroxyl groups is 1. The molecule has 28 heavy (non-hydrogen) atoms. The predicted octanol–water partition coefficient (Wildman–Crippen LogP) is 6.36. The maximum Gasteiger partial charge on any atom is 0.309 e. The molecule has 0 aliphatic rings. The van der Waals surface area contributed by atoms with Crippen LogP contribution in [-0.4, -0.2) is 23.3 Å². The average molecular weight is 393 g/mol. The fourth-order valence-corrected chi connectivity index (χ4v) is 3.07. The Morgan fingerprint density at radius 3 is 2.21 bits per heavy atom. The van der Waals surface area contributed by atoms with Crippen LogP contribution in [0.25, 0.3) is 0 Å². The molecule has 0 fully saturated rings. The van der Waals surface area contributed by atoms with Crippen molar-refractivity contribution in [2.24, 2.45) is 0 Å². The highest BCUT2D eigenvalue weighted by Gasteiger charge is 2.20. The highest BCUT2D eigenvalue weighted by molar-refractivity contribution is 5.70. The van der Waals surface area contributed by atoms with Crippen molar-refractivity contribution < 1.29 is 19.4 Å². The number of carbonyl (C=O) groups excluding carboxylic acids is 1. The van der Waals surface area contributed by atoms with Crippen molar-refractivity contribution in [3.05, 3.63) is 29.8 Å². The summed E-state index contributed by atoms with van der Waals surface area (Å²) in [5.41, 5.74) is 0.132. The third kappa shape index (κ3) is 12.0. The van der Waals surface area contributed by atoms with Gasteiger partial charge in [-0.25, -0.2) is 0 Å². The first kappa shape index (κ1) is 24.5. The normalized spacial score (nSPS) is 12.6. The first-order valence-electron chi connectivity index (χ1n) is 10.9. The van der Waals surface area contributed by atoms with Crippen LogP contribution >= 0.6 is 0 Å². The molecule has 0 aliphatic carbocycles. The van der Waals surface area contributed by atoms with Crippen molar-refractivity contribution >= 4 is 5.97 Å². The Labute approximate surface area is 171 Å². The van der Waals surface area contributed by atoms with Gasteiger partial charge in [-0.05, 0) is 44.9 Å². The molecule has 0 unspecified atom stereocenters. The predicted molar refractivity (Wildman–Crippen MR) is 115 cm³/mol. The van der Waals surface area contributed by atoms with Crippen LogP contribution in [0.15, 0.2) is 24.3 Å². The zero-order valence-electron chi connectivity index (χ0n) is 18.3. The van der Waals surface area contributed by atoms with Gasteiger partial charge < -0.3 is 14.6 Å². The Morgan fingerprint density at radius 2 is 1.61 bits per heavy atom. The molecular formula is C24H40O4. The van der Waals surface area contributed by atoms with E-state index in [9.17, 15) is 9.90 Å². The first-order chi connectivity index (χ1) is 13.3. The lowest BCUT2D eigenvalue weighted by atomic mass is 10.1. The van der Waals surface area contributed by atoms with Crippen LogP contribution in [0, 0.1) is 0 Å². The molecule has 0 radical (unpaired) electrons. The molecule has 1 N–H and O–H groups in total. The molecule has 0 heterocycles. The van der Waals surface area contributed by atoms with Crippen molar-refractivity contribution in [1.29, 1.82) is 0 Å². The van der Waals surface area contributed by atoms with Crippen LogP contribution in [0.5, 0.6) is 5.75 Å². The third-order valence-electron chi connectivity index (χ3n) is 4.54. The highest BCUT2D eigenvalue weighted by Crippen LogP contribution is 2.23. The number of ether oxygens (including phenoxy) is 2. The average Bonchev–Trinajstić information content (AvgIpc) is 2.62. The zero-order valence-corrected chi connectivity index (χ0v) is 18.3. The summed E-state index contributed by atoms with van der Waals surface area (Å²) >= 11 is 0. The number of aliphatic hydroxyl groups excluding tert-OH is 1. The van der Waals surface area contributed by atoms with Gasteiger partial charge in [0.1, 0.15) is 11.4 Å². The SMILES string of the molecule is CCCCCCCCCCCOc1cccc([C@H](O)CC(=O)OC(C)(C)C)c1. The summed E-state index contributed by atoms with van der Waals surface area (Å²) in [6.07, 6.45) is 10.6. The molecule has 0 spiro atoms. The van der Waals surface area contributed by atoms with Crippen LogP contribution in [0.4, 0.5) is 0 Å². The lowest BCUT2D eigenvalue weighted by Gasteiger charge is -2.20. The van der Waals surface area contributed by atoms with Gasteiger partial charge in [-0.1, -0.05) is 70.4 Å². The minimum Gasteiger partial charge on any atom is -0.494 e. The summed E-state index contributed by atoms with van der Waals surface area (Å²) in [4.78, 5) is 11.9. The highest BCUT2D eigenvalue weighted by atomic mass is 16.6. The van der Waals surface area contributed by atoms with E-state index < -0.39 is 17.7 Å². The fourth-order valence-electron chi connectivity index (χ4n) is 3.07. The van der Waals surface area contributed by atoms with Crippen LogP contribution < -0.4 is 4.74 Å². The van der Waals surface area contributed by atoms with Gasteiger partial charge in [0.2, 0.25) is 0 Å². The van der Waals surface area contributed by atoms with Crippen LogP contribution in [0.3, 0.4) is 0 Å². The number of carbonyl (C=O) groups is 1. The second kappa shape index (κ2) is 13.6. The van der Waals surface area contributed by atoms with E-state index in [-0.39, 0.29) is 6.42 Å². The monoisotopic (exact) mass is 392 g/mol. The Balaban J connectivity index is 2.25. The summed E-state index contributed by atoms with van der Waals surface area (Å²) in [7, 11) is 0. The Kier molecular flexibility index (Phi) is 11.9. The molecule has 1 rings (SSSR count). The van der Waals surface area contributed by atoms with E-state index >= 15 is 0 Å². The quantitative estimate of drug-likeness (QED) is 0.295. The van der Waals surface area contributed by atoms with Crippen molar-refractivity contribution in [2.45, 2.75) is 104 Å². The molecule has 1 aromatic carbocycles. The summed E-state index contributed by atoms with van der Waals surface area (Å²) in [5, 5.41) is 10.3. The number of esters is 1. The van der Waals surface area contributed by atoms with E-state index in [4.69, 9.17) is 9.47 Å². The molecule has 4 nitrogen and oxygen atoms in total. The fraction of sp³-hybridized carbons (Fsp3) is 0.708. The molecule has 1 atom stereocenters. The topological polar surface area (TPSA) is 55.8 Å². The lowest BCUT2D eigenvalue weighted by Crippen LogP contribution is -2.24. The van der Waals surface area contributed by atoms with E-state index in [0.717, 1.165) is 12.2 Å². The second-order valence-corrected chi connectivity index (χ2v) is 8.56. The molecule has 160 valence electrons. The van der Waals surface area contributed by atoms with Gasteiger partial charge in [0.05, 0.1) is 19.1 Å². The Hall–Kier alpha value is -1.55. The maximum absolute atomic E-state index is 11.9. The van der Waals surface area contributed by atoms with Crippen molar-refractivity contribution in [3.63, 3.8) is 0 Å². The molecule has 1 aromatic rings. The number of hydrogen-bond donors (Lipinski definition) is 1. The van der Waals surface area contributed by atoms with Gasteiger partial charge >= 0.3 is 5.97 Å². The second-order valence-electron chi connectivity index (χ2n) is 8.56. The Bertz CT molecular complexity index is 548. The van der Waals surface area contributed by atoms with Gasteiger partial charge in [0.25, 0.3) is 0 Å². The largest absolute Gasteiger partial charge is 0.494 e. The number of rotatable bonds is 14. The first-order valence-corrected chi connectivity index (χ1v) is 10.9. The molecular weight excluding hydrogens is 352 g/mol. The maximum atomic E-state index is 11.9. The minimum absolute atomic E-state index is 0.0566. The third-order valence-corrected chi connectivity index (χ3v) is 4.54. The summed E-state index contributed by atoms with van der Waals surface area (Å²) in [6.45, 7) is 8.38. The lowest BCUT2D eigenvalue weighted by molar-refractivity contribution is -0.157. The molecule has 0 bridgehead atoms. The Morgan fingerprint density at radius 1 is 1.00 bits per heavy atom. The summed E-state index contributed by atoms with van der Waals surface area (Å²) < 4.78 is 11.1. The number of benzene rings is 1. The van der Waals surface area contributed by atoms with Crippen LogP contribution in [0.2, 0.25) is 0 Å². The van der Waals surface area contributed by atoms with Gasteiger partial charge in [0, 0.05) is 0 Å². The van der Waals surface area contributed by atoms with Gasteiger partial charge in [-0.3, -0.25) is 4.79 Å². The van der Waals surface area contributed by atoms with E-state index in [0.29, 0.717) is 12.2 Å². The summed E-state index contributed by atoms with van der Waals surface area (Å²) in [6, 6.07) is 7.35. The van der Waals surface area contributed by atoms with E-state index in [1.165, 1.54) is 51.4 Å². The standard InChI is InChI=1S/C24H40O4/c1-5-6-7-8-9-10-11-12-13-17-27-21-16-14-15-20(18-21)22(25)19-23(26)28-24(2,3)4/h14-16,18,22,25H,5-13,17,19H2,1-4H3/t22-/m1/s1. The van der Waals surface area contributed by atoms with Gasteiger partial charge in [-0.15, -0.1) is 0 Å². The van der Waals surface area contributed by atoms with E-state index in [1.54, 1.807) is 6.07 Å². The molecule has 0 amide bonds. The van der Waals surface area contributed by atoms with E-state index in [1.807, 2.05) is 39.0 Å². The van der Waals surface area contributed by atoms with Crippen molar-refractivity contribution in [3.8, 4) is 5.75 Å². The van der Waals surface area contributed by atoms with Crippen molar-refractivity contribution in [1.82, 2.24) is 0 Å². The van der Waals surface area contributed by atoms with Gasteiger partial charge in [-0.2, -0.15) is 0 Å². The van der Waals surface area contributed by atoms with Crippen LogP contribution in [0.1, 0.15) is 104 Å². The molecule has 0 aromatic heterocycles. The zero-order chi connectivity index (χ0) is 20.8. The van der Waals surface area contributed by atoms with Crippen molar-refractivity contribution in [2.75, 3.05) is 6.61 Å². The smallest absolute Gasteiger partial charge is 0.309 e. The summed E-state index contributed by atoms with van der Waals surface area (Å²) in [5.74, 6) is 0.335. The molecule has 0 saturated carbocycles. The van der Waals surface area contributed by atoms with Gasteiger partial charge in [0.15, 0.2) is 0 Å². The molecule has 0 saturated heterocycles. The van der Waals surface area contributed by atoms with Crippen LogP contribution in [-0.2, 0) is 9.53 Å². The number of hydrogen-bond acceptors (Lipinski definition) is 4. The van der Waals surface area contributed by atoms with E-state index in [2.05, 4.69) is 6.92 Å². The molecule has 0 aliphatic heterocycles. The minimum atomic E-state index is -0.883. The number of unbranched alkanes of at least 4 members (excludes halogenated alkanes) is 8.